The van der Waals surface area contributed by atoms with Crippen LogP contribution in [0.2, 0.25) is 0 Å². The van der Waals surface area contributed by atoms with Crippen molar-refractivity contribution >= 4 is 23.4 Å². The number of amides is 1. The average molecular weight is 741 g/mol. The Morgan fingerprint density at radius 1 is 1.02 bits per heavy atom. The van der Waals surface area contributed by atoms with Crippen molar-refractivity contribution in [1.29, 1.82) is 0 Å². The zero-order valence-corrected chi connectivity index (χ0v) is 32.0. The Labute approximate surface area is 308 Å². The van der Waals surface area contributed by atoms with Gasteiger partial charge in [0.05, 0.1) is 17.7 Å². The molecule has 1 amide bonds. The van der Waals surface area contributed by atoms with Crippen molar-refractivity contribution in [3.63, 3.8) is 0 Å². The lowest BCUT2D eigenvalue weighted by atomic mass is 9.46. The molecule has 282 valence electrons. The van der Waals surface area contributed by atoms with Crippen LogP contribution in [0.4, 0.5) is 23.9 Å². The summed E-state index contributed by atoms with van der Waals surface area (Å²) in [4.78, 5) is 22.3. The Kier molecular flexibility index (Phi) is 10.6. The summed E-state index contributed by atoms with van der Waals surface area (Å²) < 4.78 is 71.9. The molecule has 0 radical (unpaired) electrons. The van der Waals surface area contributed by atoms with Gasteiger partial charge in [-0.3, -0.25) is 0 Å². The van der Waals surface area contributed by atoms with E-state index in [0.29, 0.717) is 23.4 Å². The summed E-state index contributed by atoms with van der Waals surface area (Å²) in [6, 6.07) is 15.2. The third-order valence-electron chi connectivity index (χ3n) is 11.2. The monoisotopic (exact) mass is 740 g/mol. The van der Waals surface area contributed by atoms with E-state index < -0.39 is 40.6 Å². The maximum absolute atomic E-state index is 14.5. The largest absolute Gasteiger partial charge is 0.588 e. The first kappa shape index (κ1) is 38.2. The van der Waals surface area contributed by atoms with Gasteiger partial charge in [-0.1, -0.05) is 44.2 Å². The van der Waals surface area contributed by atoms with Gasteiger partial charge in [0, 0.05) is 17.7 Å². The van der Waals surface area contributed by atoms with E-state index in [-0.39, 0.29) is 48.1 Å². The van der Waals surface area contributed by atoms with Gasteiger partial charge in [0.2, 0.25) is 5.88 Å². The number of alkyl halides is 3. The van der Waals surface area contributed by atoms with E-state index in [2.05, 4.69) is 15.0 Å². The smallest absolute Gasteiger partial charge is 0.407 e. The van der Waals surface area contributed by atoms with Gasteiger partial charge in [-0.2, -0.15) is 22.9 Å². The number of alkyl carbamates (subject to hydrolysis) is 1. The van der Waals surface area contributed by atoms with Crippen molar-refractivity contribution in [2.24, 2.45) is 28.6 Å². The number of hydrogen-bond acceptors (Lipinski definition) is 7. The fraction of sp³-hybridized carbons (Fsp3) is 0.575. The molecule has 2 heterocycles. The first-order valence-corrected chi connectivity index (χ1v) is 19.4. The molecule has 2 unspecified atom stereocenters. The minimum Gasteiger partial charge on any atom is -0.588 e. The van der Waals surface area contributed by atoms with Gasteiger partial charge in [-0.25, -0.2) is 9.78 Å². The topological polar surface area (TPSA) is 108 Å². The first-order chi connectivity index (χ1) is 24.3. The second-order valence-electron chi connectivity index (χ2n) is 17.0. The number of nitrogens with zero attached hydrogens (tertiary/aromatic N) is 2. The molecule has 3 aliphatic rings. The normalized spacial score (nSPS) is 26.6. The number of anilines is 1. The summed E-state index contributed by atoms with van der Waals surface area (Å²) in [7, 11) is 0. The van der Waals surface area contributed by atoms with Crippen molar-refractivity contribution in [2.75, 3.05) is 11.3 Å². The van der Waals surface area contributed by atoms with Crippen LogP contribution in [0.1, 0.15) is 89.8 Å². The molecule has 6 rings (SSSR count). The average Bonchev–Trinajstić information content (AvgIpc) is 2.99. The molecule has 2 fully saturated rings. The summed E-state index contributed by atoms with van der Waals surface area (Å²) >= 11 is -1.67. The SMILES string of the molecule is Cc1cccc(C)c1-c1cc2nc(n1)N[S+]([O-])c1cccc(c1)CCC(C1CC3(CC(NC(=O)OC(C)(C)C)C3)C1)[C@H](CC(C)(C)C(F)(F)F)CO2. The number of halogens is 3. The Morgan fingerprint density at radius 2 is 1.69 bits per heavy atom. The molecule has 2 N–H and O–H groups in total. The number of nitrogens with one attached hydrogen (secondary N) is 2. The predicted molar refractivity (Wildman–Crippen MR) is 196 cm³/mol. The Balaban J connectivity index is 1.31. The van der Waals surface area contributed by atoms with Crippen LogP contribution in [0.15, 0.2) is 53.4 Å². The number of hydrogen-bond donors (Lipinski definition) is 2. The fourth-order valence-electron chi connectivity index (χ4n) is 8.59. The lowest BCUT2D eigenvalue weighted by molar-refractivity contribution is -0.221. The number of carbonyl (C=O) groups excluding carboxylic acids is 1. The highest BCUT2D eigenvalue weighted by atomic mass is 32.2. The van der Waals surface area contributed by atoms with E-state index in [1.54, 1.807) is 12.1 Å². The van der Waals surface area contributed by atoms with Crippen LogP contribution in [0.3, 0.4) is 0 Å². The lowest BCUT2D eigenvalue weighted by Crippen LogP contribution is -2.58. The van der Waals surface area contributed by atoms with Gasteiger partial charge >= 0.3 is 12.3 Å². The number of fused-ring (bicyclic) bond motifs is 4. The number of benzene rings is 2. The molecule has 4 bridgehead atoms. The van der Waals surface area contributed by atoms with Crippen LogP contribution in [0, 0.1) is 42.4 Å². The molecule has 8 nitrogen and oxygen atoms in total. The zero-order chi connectivity index (χ0) is 37.6. The molecule has 2 aliphatic carbocycles. The molecule has 3 aromatic rings. The van der Waals surface area contributed by atoms with Crippen molar-refractivity contribution < 1.29 is 32.0 Å². The van der Waals surface area contributed by atoms with Gasteiger partial charge in [0.15, 0.2) is 4.90 Å². The molecule has 2 aromatic carbocycles. The number of carbonyl (C=O) groups is 1. The maximum Gasteiger partial charge on any atom is 0.407 e. The summed E-state index contributed by atoms with van der Waals surface area (Å²) in [5.74, 6) is 0.0228. The van der Waals surface area contributed by atoms with E-state index in [9.17, 15) is 22.5 Å². The molecule has 3 atom stereocenters. The van der Waals surface area contributed by atoms with E-state index in [1.165, 1.54) is 13.8 Å². The number of aryl methyl sites for hydroxylation is 3. The van der Waals surface area contributed by atoms with Crippen LogP contribution in [-0.2, 0) is 22.5 Å². The quantitative estimate of drug-likeness (QED) is 0.251. The van der Waals surface area contributed by atoms with Crippen LogP contribution in [0.5, 0.6) is 5.88 Å². The molecule has 1 aromatic heterocycles. The number of rotatable bonds is 5. The molecule has 1 spiro atoms. The summed E-state index contributed by atoms with van der Waals surface area (Å²) in [5, 5.41) is 2.99. The van der Waals surface area contributed by atoms with Crippen molar-refractivity contribution in [3.8, 4) is 17.1 Å². The second-order valence-corrected chi connectivity index (χ2v) is 18.2. The summed E-state index contributed by atoms with van der Waals surface area (Å²) in [6.07, 6.45) is -0.202. The molecule has 0 saturated heterocycles. The molecular formula is C40H51F3N4O4S. The predicted octanol–water partition coefficient (Wildman–Crippen LogP) is 9.51. The highest BCUT2D eigenvalue weighted by Gasteiger charge is 2.57. The van der Waals surface area contributed by atoms with Crippen molar-refractivity contribution in [3.05, 3.63) is 65.2 Å². The van der Waals surface area contributed by atoms with Gasteiger partial charge < -0.3 is 19.3 Å². The fourth-order valence-corrected chi connectivity index (χ4v) is 9.42. The highest BCUT2D eigenvalue weighted by molar-refractivity contribution is 7.92. The van der Waals surface area contributed by atoms with E-state index in [0.717, 1.165) is 47.9 Å². The summed E-state index contributed by atoms with van der Waals surface area (Å²) in [5.41, 5.74) is 1.95. The van der Waals surface area contributed by atoms with Crippen LogP contribution >= 0.6 is 0 Å². The van der Waals surface area contributed by atoms with Gasteiger partial charge in [0.25, 0.3) is 5.95 Å². The molecule has 1 aliphatic heterocycles. The van der Waals surface area contributed by atoms with Crippen molar-refractivity contribution in [1.82, 2.24) is 15.3 Å². The van der Waals surface area contributed by atoms with Gasteiger partial charge in [-0.05, 0) is 132 Å². The van der Waals surface area contributed by atoms with E-state index in [4.69, 9.17) is 14.5 Å². The zero-order valence-electron chi connectivity index (χ0n) is 31.2. The molecular weight excluding hydrogens is 690 g/mol. The van der Waals surface area contributed by atoms with Crippen LogP contribution < -0.4 is 14.8 Å². The lowest BCUT2D eigenvalue weighted by Gasteiger charge is -2.60. The molecule has 52 heavy (non-hydrogen) atoms. The molecule has 2 saturated carbocycles. The van der Waals surface area contributed by atoms with E-state index in [1.807, 2.05) is 71.0 Å². The third-order valence-corrected chi connectivity index (χ3v) is 12.2. The maximum atomic E-state index is 14.5. The second kappa shape index (κ2) is 14.4. The van der Waals surface area contributed by atoms with Crippen LogP contribution in [0.25, 0.3) is 11.3 Å². The van der Waals surface area contributed by atoms with E-state index >= 15 is 0 Å². The Hall–Kier alpha value is -3.51. The first-order valence-electron chi connectivity index (χ1n) is 18.2. The van der Waals surface area contributed by atoms with Crippen molar-refractivity contribution in [2.45, 2.75) is 116 Å². The third kappa shape index (κ3) is 8.65. The Morgan fingerprint density at radius 3 is 2.35 bits per heavy atom. The number of aromatic nitrogens is 2. The number of ether oxygens (including phenoxy) is 2. The summed E-state index contributed by atoms with van der Waals surface area (Å²) in [6.45, 7) is 12.1. The minimum atomic E-state index is -4.40. The standard InChI is InChI=1S/C40H51F3N4O4S/c1-24-10-8-11-25(2)34(24)32-17-33-46-35(45-32)47-52(49)30-13-9-12-26(16-30)14-15-31(28(23-50-33)18-38(6,7)40(41,42)43)27-19-39(20-27)21-29(22-39)44-36(48)51-37(3,4)5/h8-13,16-17,27-29,31H,14-15,18-23H2,1-7H3,(H,44,48)(H,45,46,47)/t27?,28-,29?,31?,39?,52?/m1/s1. The molecule has 12 heteroatoms. The van der Waals surface area contributed by atoms with Crippen LogP contribution in [-0.4, -0.2) is 45.0 Å². The minimum absolute atomic E-state index is 0.0263. The van der Waals surface area contributed by atoms with Gasteiger partial charge in [-0.15, -0.1) is 0 Å². The Bertz CT molecular complexity index is 1740. The highest BCUT2D eigenvalue weighted by Crippen LogP contribution is 2.62. The van der Waals surface area contributed by atoms with Gasteiger partial charge in [0.1, 0.15) is 17.0 Å².